The van der Waals surface area contributed by atoms with Crippen molar-refractivity contribution in [2.45, 2.75) is 12.1 Å². The molecule has 1 aromatic rings. The van der Waals surface area contributed by atoms with Crippen molar-refractivity contribution < 1.29 is 14.3 Å². The van der Waals surface area contributed by atoms with Crippen LogP contribution in [-0.2, 0) is 4.79 Å². The third kappa shape index (κ3) is 2.95. The Morgan fingerprint density at radius 1 is 1.85 bits per heavy atom. The maximum Gasteiger partial charge on any atom is 0.331 e. The topological polar surface area (TPSA) is 63.3 Å². The highest BCUT2D eigenvalue weighted by molar-refractivity contribution is 7.99. The van der Waals surface area contributed by atoms with Gasteiger partial charge in [-0.25, -0.2) is 9.78 Å². The van der Waals surface area contributed by atoms with Crippen molar-refractivity contribution in [2.24, 2.45) is 0 Å². The van der Waals surface area contributed by atoms with Gasteiger partial charge in [0.05, 0.1) is 5.69 Å². The molecule has 13 heavy (non-hydrogen) atoms. The minimum atomic E-state index is -0.990. The molecular weight excluding hydrogens is 190 g/mol. The lowest BCUT2D eigenvalue weighted by Crippen LogP contribution is -2.00. The quantitative estimate of drug-likeness (QED) is 0.590. The molecule has 0 radical (unpaired) electrons. The molecule has 0 bridgehead atoms. The summed E-state index contributed by atoms with van der Waals surface area (Å²) < 4.78 is 5.01. The summed E-state index contributed by atoms with van der Waals surface area (Å²) in [6, 6.07) is 0. The minimum absolute atomic E-state index is 0.140. The number of oxazole rings is 1. The number of rotatable bonds is 4. The number of carboxylic acids is 1. The van der Waals surface area contributed by atoms with Gasteiger partial charge >= 0.3 is 5.97 Å². The van der Waals surface area contributed by atoms with Crippen LogP contribution in [0.15, 0.2) is 28.1 Å². The highest BCUT2D eigenvalue weighted by Crippen LogP contribution is 2.18. The van der Waals surface area contributed by atoms with Crippen LogP contribution in [0.1, 0.15) is 5.69 Å². The van der Waals surface area contributed by atoms with Crippen LogP contribution in [0.4, 0.5) is 0 Å². The number of thioether (sulfide) groups is 1. The molecule has 1 heterocycles. The van der Waals surface area contributed by atoms with Gasteiger partial charge in [-0.15, -0.1) is 0 Å². The Kier molecular flexibility index (Phi) is 3.13. The highest BCUT2D eigenvalue weighted by atomic mass is 32.2. The lowest BCUT2D eigenvalue weighted by molar-refractivity contribution is -0.132. The van der Waals surface area contributed by atoms with Crippen molar-refractivity contribution in [3.05, 3.63) is 24.1 Å². The first kappa shape index (κ1) is 9.85. The first-order valence-corrected chi connectivity index (χ1v) is 4.54. The molecule has 0 unspecified atom stereocenters. The van der Waals surface area contributed by atoms with E-state index in [1.165, 1.54) is 18.0 Å². The van der Waals surface area contributed by atoms with Crippen molar-refractivity contribution in [1.29, 1.82) is 0 Å². The molecule has 0 saturated carbocycles. The van der Waals surface area contributed by atoms with Crippen molar-refractivity contribution in [3.8, 4) is 0 Å². The SMILES string of the molecule is C=C(CSc1nc(C)co1)C(=O)O. The molecule has 5 heteroatoms. The molecule has 0 amide bonds. The highest BCUT2D eigenvalue weighted by Gasteiger charge is 2.07. The second-order valence-corrected chi connectivity index (χ2v) is 3.38. The van der Waals surface area contributed by atoms with Crippen LogP contribution < -0.4 is 0 Å². The fraction of sp³-hybridized carbons (Fsp3) is 0.250. The van der Waals surface area contributed by atoms with Gasteiger partial charge in [-0.05, 0) is 6.92 Å². The summed E-state index contributed by atoms with van der Waals surface area (Å²) in [5.41, 5.74) is 0.921. The number of hydrogen-bond acceptors (Lipinski definition) is 4. The summed E-state index contributed by atoms with van der Waals surface area (Å²) in [5, 5.41) is 8.97. The first-order valence-electron chi connectivity index (χ1n) is 3.55. The summed E-state index contributed by atoms with van der Waals surface area (Å²) in [7, 11) is 0. The molecule has 4 nitrogen and oxygen atoms in total. The molecule has 0 fully saturated rings. The van der Waals surface area contributed by atoms with Crippen molar-refractivity contribution in [2.75, 3.05) is 5.75 Å². The van der Waals surface area contributed by atoms with E-state index in [4.69, 9.17) is 9.52 Å². The average molecular weight is 199 g/mol. The van der Waals surface area contributed by atoms with E-state index in [1.807, 2.05) is 0 Å². The number of hydrogen-bond donors (Lipinski definition) is 1. The normalized spacial score (nSPS) is 9.92. The zero-order valence-corrected chi connectivity index (χ0v) is 7.93. The number of aryl methyl sites for hydroxylation is 1. The fourth-order valence-electron chi connectivity index (χ4n) is 0.609. The van der Waals surface area contributed by atoms with E-state index in [2.05, 4.69) is 11.6 Å². The third-order valence-corrected chi connectivity index (χ3v) is 2.20. The monoisotopic (exact) mass is 199 g/mol. The van der Waals surface area contributed by atoms with Crippen LogP contribution in [0.2, 0.25) is 0 Å². The Labute approximate surface area is 79.7 Å². The van der Waals surface area contributed by atoms with Gasteiger partial charge in [0.25, 0.3) is 5.22 Å². The Morgan fingerprint density at radius 2 is 2.54 bits per heavy atom. The fourth-order valence-corrected chi connectivity index (χ4v) is 1.36. The number of aromatic nitrogens is 1. The summed E-state index contributed by atoms with van der Waals surface area (Å²) in [5.74, 6) is -0.703. The Hall–Kier alpha value is -1.23. The molecule has 0 aliphatic heterocycles. The Bertz CT molecular complexity index is 332. The molecular formula is C8H9NO3S. The van der Waals surface area contributed by atoms with E-state index >= 15 is 0 Å². The van der Waals surface area contributed by atoms with E-state index in [0.717, 1.165) is 5.69 Å². The third-order valence-electron chi connectivity index (χ3n) is 1.27. The molecule has 0 aliphatic rings. The molecule has 1 N–H and O–H groups in total. The second kappa shape index (κ2) is 4.13. The van der Waals surface area contributed by atoms with Crippen LogP contribution in [0.3, 0.4) is 0 Å². The summed E-state index contributed by atoms with van der Waals surface area (Å²) in [6.07, 6.45) is 1.52. The van der Waals surface area contributed by atoms with Gasteiger partial charge in [0.2, 0.25) is 0 Å². The predicted octanol–water partition coefficient (Wildman–Crippen LogP) is 1.72. The lowest BCUT2D eigenvalue weighted by Gasteiger charge is -1.95. The maximum atomic E-state index is 10.4. The standard InChI is InChI=1S/C8H9NO3S/c1-5(7(10)11)4-13-8-9-6(2)3-12-8/h3H,1,4H2,2H3,(H,10,11). The van der Waals surface area contributed by atoms with Crippen molar-refractivity contribution >= 4 is 17.7 Å². The summed E-state index contributed by atoms with van der Waals surface area (Å²) in [4.78, 5) is 14.4. The summed E-state index contributed by atoms with van der Waals surface area (Å²) in [6.45, 7) is 5.19. The van der Waals surface area contributed by atoms with Crippen LogP contribution in [0, 0.1) is 6.92 Å². The first-order chi connectivity index (χ1) is 6.09. The number of nitrogens with zero attached hydrogens (tertiary/aromatic N) is 1. The minimum Gasteiger partial charge on any atom is -0.478 e. The largest absolute Gasteiger partial charge is 0.478 e. The molecule has 1 aromatic heterocycles. The van der Waals surface area contributed by atoms with Crippen LogP contribution in [-0.4, -0.2) is 21.8 Å². The molecule has 0 aromatic carbocycles. The lowest BCUT2D eigenvalue weighted by atomic mass is 10.4. The average Bonchev–Trinajstić information content (AvgIpc) is 2.47. The Balaban J connectivity index is 2.44. The predicted molar refractivity (Wildman–Crippen MR) is 48.7 cm³/mol. The van der Waals surface area contributed by atoms with Crippen molar-refractivity contribution in [1.82, 2.24) is 4.98 Å². The van der Waals surface area contributed by atoms with Crippen molar-refractivity contribution in [3.63, 3.8) is 0 Å². The van der Waals surface area contributed by atoms with Gasteiger partial charge < -0.3 is 9.52 Å². The van der Waals surface area contributed by atoms with Gasteiger partial charge in [0.15, 0.2) is 0 Å². The number of carboxylic acid groups (broad SMARTS) is 1. The zero-order chi connectivity index (χ0) is 9.84. The van der Waals surface area contributed by atoms with Gasteiger partial charge in [0.1, 0.15) is 6.26 Å². The molecule has 70 valence electrons. The van der Waals surface area contributed by atoms with Gasteiger partial charge in [-0.3, -0.25) is 0 Å². The Morgan fingerprint density at radius 3 is 3.00 bits per heavy atom. The summed E-state index contributed by atoms with van der Waals surface area (Å²) >= 11 is 1.22. The molecule has 0 saturated heterocycles. The van der Waals surface area contributed by atoms with Gasteiger partial charge in [-0.2, -0.15) is 0 Å². The van der Waals surface area contributed by atoms with Crippen LogP contribution >= 0.6 is 11.8 Å². The molecule has 0 atom stereocenters. The van der Waals surface area contributed by atoms with E-state index < -0.39 is 5.97 Å². The number of aliphatic carboxylic acids is 1. The van der Waals surface area contributed by atoms with Crippen LogP contribution in [0.25, 0.3) is 0 Å². The molecule has 0 spiro atoms. The van der Waals surface area contributed by atoms with E-state index in [1.54, 1.807) is 6.92 Å². The molecule has 0 aliphatic carbocycles. The van der Waals surface area contributed by atoms with E-state index in [0.29, 0.717) is 5.22 Å². The second-order valence-electron chi connectivity index (χ2n) is 2.45. The van der Waals surface area contributed by atoms with E-state index in [-0.39, 0.29) is 11.3 Å². The maximum absolute atomic E-state index is 10.4. The van der Waals surface area contributed by atoms with Gasteiger partial charge in [0, 0.05) is 11.3 Å². The van der Waals surface area contributed by atoms with E-state index in [9.17, 15) is 4.79 Å². The smallest absolute Gasteiger partial charge is 0.331 e. The molecule has 1 rings (SSSR count). The zero-order valence-electron chi connectivity index (χ0n) is 7.11. The number of carbonyl (C=O) groups is 1. The van der Waals surface area contributed by atoms with Gasteiger partial charge in [-0.1, -0.05) is 18.3 Å². The van der Waals surface area contributed by atoms with Crippen LogP contribution in [0.5, 0.6) is 0 Å².